The minimum absolute atomic E-state index is 0.478. The zero-order valence-corrected chi connectivity index (χ0v) is 14.1. The van der Waals surface area contributed by atoms with Gasteiger partial charge in [-0.05, 0) is 60.2 Å². The highest BCUT2D eigenvalue weighted by Crippen LogP contribution is 2.31. The second kappa shape index (κ2) is 5.93. The molecule has 1 saturated heterocycles. The van der Waals surface area contributed by atoms with Crippen LogP contribution in [0.2, 0.25) is 0 Å². The van der Waals surface area contributed by atoms with E-state index in [1.54, 1.807) is 0 Å². The highest BCUT2D eigenvalue weighted by atomic mass is 127. The Morgan fingerprint density at radius 1 is 1.47 bits per heavy atom. The van der Waals surface area contributed by atoms with Gasteiger partial charge in [0.15, 0.2) is 0 Å². The topological polar surface area (TPSA) is 34.1 Å². The molecule has 0 aliphatic carbocycles. The lowest BCUT2D eigenvalue weighted by Gasteiger charge is -2.15. The first kappa shape index (κ1) is 13.6. The molecule has 0 spiro atoms. The predicted molar refractivity (Wildman–Crippen MR) is 88.7 cm³/mol. The number of halogens is 2. The van der Waals surface area contributed by atoms with Gasteiger partial charge in [-0.25, -0.2) is 0 Å². The standard InChI is InChI=1S/C14H14BrIN2O/c15-9-3-4-13-11(6-9)14(12(16)7-18-13)19-8-10-2-1-5-17-10/h3-4,6-7,10,17H,1-2,5,8H2. The van der Waals surface area contributed by atoms with E-state index in [9.17, 15) is 0 Å². The summed E-state index contributed by atoms with van der Waals surface area (Å²) in [6.07, 6.45) is 4.31. The van der Waals surface area contributed by atoms with Crippen molar-refractivity contribution in [2.45, 2.75) is 18.9 Å². The van der Waals surface area contributed by atoms with E-state index in [0.29, 0.717) is 6.04 Å². The lowest BCUT2D eigenvalue weighted by atomic mass is 10.2. The minimum atomic E-state index is 0.478. The Labute approximate surface area is 134 Å². The molecule has 3 nitrogen and oxygen atoms in total. The van der Waals surface area contributed by atoms with Crippen LogP contribution in [0.3, 0.4) is 0 Å². The lowest BCUT2D eigenvalue weighted by Crippen LogP contribution is -2.28. The van der Waals surface area contributed by atoms with Gasteiger partial charge in [-0.15, -0.1) is 0 Å². The summed E-state index contributed by atoms with van der Waals surface area (Å²) in [6, 6.07) is 6.56. The number of hydrogen-bond donors (Lipinski definition) is 1. The van der Waals surface area contributed by atoms with E-state index in [4.69, 9.17) is 4.74 Å². The fraction of sp³-hybridized carbons (Fsp3) is 0.357. The van der Waals surface area contributed by atoms with Crippen LogP contribution in [0.4, 0.5) is 0 Å². The number of pyridine rings is 1. The molecule has 1 aromatic heterocycles. The first-order chi connectivity index (χ1) is 9.24. The SMILES string of the molecule is Brc1ccc2ncc(I)c(OCC3CCCN3)c2c1. The van der Waals surface area contributed by atoms with Crippen LogP contribution in [0.1, 0.15) is 12.8 Å². The van der Waals surface area contributed by atoms with Gasteiger partial charge in [-0.2, -0.15) is 0 Å². The van der Waals surface area contributed by atoms with Crippen LogP contribution < -0.4 is 10.1 Å². The van der Waals surface area contributed by atoms with Gasteiger partial charge in [-0.1, -0.05) is 15.9 Å². The molecule has 1 aromatic carbocycles. The number of ether oxygens (including phenoxy) is 1. The summed E-state index contributed by atoms with van der Waals surface area (Å²) in [7, 11) is 0. The summed E-state index contributed by atoms with van der Waals surface area (Å²) in [5.41, 5.74) is 0.970. The Morgan fingerprint density at radius 2 is 2.37 bits per heavy atom. The Balaban J connectivity index is 1.91. The molecule has 3 rings (SSSR count). The molecule has 1 aliphatic heterocycles. The molecule has 1 unspecified atom stereocenters. The molecule has 5 heteroatoms. The smallest absolute Gasteiger partial charge is 0.143 e. The van der Waals surface area contributed by atoms with Crippen molar-refractivity contribution < 1.29 is 4.74 Å². The van der Waals surface area contributed by atoms with Gasteiger partial charge >= 0.3 is 0 Å². The van der Waals surface area contributed by atoms with Crippen molar-refractivity contribution in [1.29, 1.82) is 0 Å². The molecular formula is C14H14BrIN2O. The maximum absolute atomic E-state index is 6.06. The van der Waals surface area contributed by atoms with Crippen molar-refractivity contribution in [2.24, 2.45) is 0 Å². The van der Waals surface area contributed by atoms with Crippen LogP contribution in [0.15, 0.2) is 28.9 Å². The third kappa shape index (κ3) is 3.03. The van der Waals surface area contributed by atoms with Crippen LogP contribution in [0.25, 0.3) is 10.9 Å². The number of benzene rings is 1. The number of hydrogen-bond acceptors (Lipinski definition) is 3. The molecule has 0 amide bonds. The third-order valence-corrected chi connectivity index (χ3v) is 4.59. The summed E-state index contributed by atoms with van der Waals surface area (Å²) in [5.74, 6) is 0.945. The van der Waals surface area contributed by atoms with Crippen molar-refractivity contribution in [3.63, 3.8) is 0 Å². The molecular weight excluding hydrogens is 419 g/mol. The van der Waals surface area contributed by atoms with Gasteiger partial charge in [0.25, 0.3) is 0 Å². The average Bonchev–Trinajstić information content (AvgIpc) is 2.91. The van der Waals surface area contributed by atoms with Crippen molar-refractivity contribution in [1.82, 2.24) is 10.3 Å². The number of aromatic nitrogens is 1. The predicted octanol–water partition coefficient (Wildman–Crippen LogP) is 3.73. The first-order valence-corrected chi connectivity index (χ1v) is 8.21. The van der Waals surface area contributed by atoms with Crippen molar-refractivity contribution in [3.8, 4) is 5.75 Å². The van der Waals surface area contributed by atoms with E-state index in [2.05, 4.69) is 54.9 Å². The van der Waals surface area contributed by atoms with Crippen molar-refractivity contribution in [2.75, 3.05) is 13.2 Å². The third-order valence-electron chi connectivity index (χ3n) is 3.33. The fourth-order valence-electron chi connectivity index (χ4n) is 2.35. The number of nitrogens with zero attached hydrogens (tertiary/aromatic N) is 1. The van der Waals surface area contributed by atoms with Crippen LogP contribution in [-0.2, 0) is 0 Å². The van der Waals surface area contributed by atoms with E-state index < -0.39 is 0 Å². The van der Waals surface area contributed by atoms with Crippen LogP contribution in [-0.4, -0.2) is 24.2 Å². The fourth-order valence-corrected chi connectivity index (χ4v) is 3.29. The molecule has 100 valence electrons. The van der Waals surface area contributed by atoms with Gasteiger partial charge < -0.3 is 10.1 Å². The van der Waals surface area contributed by atoms with Gasteiger partial charge in [0.05, 0.1) is 9.09 Å². The van der Waals surface area contributed by atoms with Crippen molar-refractivity contribution in [3.05, 3.63) is 32.4 Å². The van der Waals surface area contributed by atoms with E-state index in [1.165, 1.54) is 12.8 Å². The summed E-state index contributed by atoms with van der Waals surface area (Å²) in [6.45, 7) is 1.83. The molecule has 2 aromatic rings. The van der Waals surface area contributed by atoms with Gasteiger partial charge in [0.1, 0.15) is 12.4 Å². The second-order valence-electron chi connectivity index (χ2n) is 4.70. The molecule has 2 heterocycles. The normalized spacial score (nSPS) is 18.9. The Bertz CT molecular complexity index is 594. The number of rotatable bonds is 3. The largest absolute Gasteiger partial charge is 0.490 e. The summed E-state index contributed by atoms with van der Waals surface area (Å²) in [5, 5.41) is 4.52. The molecule has 19 heavy (non-hydrogen) atoms. The number of nitrogens with one attached hydrogen (secondary N) is 1. The zero-order chi connectivity index (χ0) is 13.2. The highest BCUT2D eigenvalue weighted by Gasteiger charge is 2.16. The Morgan fingerprint density at radius 3 is 3.16 bits per heavy atom. The summed E-state index contributed by atoms with van der Waals surface area (Å²) < 4.78 is 8.16. The van der Waals surface area contributed by atoms with Gasteiger partial charge in [-0.3, -0.25) is 4.98 Å². The lowest BCUT2D eigenvalue weighted by molar-refractivity contribution is 0.278. The molecule has 0 radical (unpaired) electrons. The molecule has 1 N–H and O–H groups in total. The molecule has 1 fully saturated rings. The molecule has 0 saturated carbocycles. The molecule has 1 aliphatic rings. The first-order valence-electron chi connectivity index (χ1n) is 6.34. The maximum atomic E-state index is 6.06. The Kier molecular flexibility index (Phi) is 4.24. The Hall–Kier alpha value is -0.400. The van der Waals surface area contributed by atoms with E-state index in [1.807, 2.05) is 18.3 Å². The average molecular weight is 433 g/mol. The second-order valence-corrected chi connectivity index (χ2v) is 6.78. The van der Waals surface area contributed by atoms with E-state index in [-0.39, 0.29) is 0 Å². The molecule has 1 atom stereocenters. The summed E-state index contributed by atoms with van der Waals surface area (Å²) in [4.78, 5) is 4.44. The highest BCUT2D eigenvalue weighted by molar-refractivity contribution is 14.1. The van der Waals surface area contributed by atoms with Gasteiger partial charge in [0.2, 0.25) is 0 Å². The van der Waals surface area contributed by atoms with Crippen molar-refractivity contribution >= 4 is 49.4 Å². The monoisotopic (exact) mass is 432 g/mol. The van der Waals surface area contributed by atoms with Gasteiger partial charge in [0, 0.05) is 22.1 Å². The molecule has 0 bridgehead atoms. The van der Waals surface area contributed by atoms with Crippen LogP contribution in [0.5, 0.6) is 5.75 Å². The maximum Gasteiger partial charge on any atom is 0.143 e. The summed E-state index contributed by atoms with van der Waals surface area (Å²) >= 11 is 5.79. The minimum Gasteiger partial charge on any atom is -0.490 e. The van der Waals surface area contributed by atoms with E-state index >= 15 is 0 Å². The number of fused-ring (bicyclic) bond motifs is 1. The van der Waals surface area contributed by atoms with Crippen LogP contribution >= 0.6 is 38.5 Å². The van der Waals surface area contributed by atoms with E-state index in [0.717, 1.165) is 37.8 Å². The zero-order valence-electron chi connectivity index (χ0n) is 10.3. The van der Waals surface area contributed by atoms with Crippen LogP contribution in [0, 0.1) is 3.57 Å². The quantitative estimate of drug-likeness (QED) is 0.750.